The van der Waals surface area contributed by atoms with Crippen molar-refractivity contribution in [3.63, 3.8) is 0 Å². The van der Waals surface area contributed by atoms with Crippen molar-refractivity contribution in [3.8, 4) is 0 Å². The number of benzene rings is 3. The molecule has 0 unspecified atom stereocenters. The molecule has 0 saturated heterocycles. The molecule has 3 aromatic rings. The van der Waals surface area contributed by atoms with E-state index in [2.05, 4.69) is 17.4 Å². The summed E-state index contributed by atoms with van der Waals surface area (Å²) in [5.74, 6) is -0.947. The summed E-state index contributed by atoms with van der Waals surface area (Å²) >= 11 is 0. The fourth-order valence-electron chi connectivity index (χ4n) is 3.16. The first-order valence-corrected chi connectivity index (χ1v) is 10.7. The zero-order valence-electron chi connectivity index (χ0n) is 18.8. The molecule has 3 aromatic carbocycles. The fraction of sp³-hybridized carbons (Fsp3) is 0.259. The summed E-state index contributed by atoms with van der Waals surface area (Å²) in [6, 6.07) is 24.6. The first-order chi connectivity index (χ1) is 15.3. The Labute approximate surface area is 189 Å². The first-order valence-electron chi connectivity index (χ1n) is 10.7. The highest BCUT2D eigenvalue weighted by Gasteiger charge is 2.20. The van der Waals surface area contributed by atoms with Gasteiger partial charge in [-0.15, -0.1) is 0 Å². The maximum atomic E-state index is 12.7. The number of anilines is 1. The van der Waals surface area contributed by atoms with Crippen LogP contribution in [0, 0.1) is 0 Å². The van der Waals surface area contributed by atoms with Crippen LogP contribution in [-0.2, 0) is 22.6 Å². The predicted octanol–water partition coefficient (Wildman–Crippen LogP) is 6.00. The second-order valence-corrected chi connectivity index (χ2v) is 8.61. The minimum Gasteiger partial charge on any atom is -0.321 e. The number of carbonyl (C=O) groups is 2. The minimum atomic E-state index is -0.654. The SMILES string of the molecule is CC(C)(C)OOC(=O)c1ccc(CCCc2ccccc2)cc1NC(=O)c1ccccc1. The van der Waals surface area contributed by atoms with E-state index >= 15 is 0 Å². The zero-order chi connectivity index (χ0) is 23.0. The first kappa shape index (κ1) is 23.2. The van der Waals surface area contributed by atoms with Gasteiger partial charge in [-0.05, 0) is 75.4 Å². The number of rotatable bonds is 8. The van der Waals surface area contributed by atoms with Gasteiger partial charge in [0.05, 0.1) is 11.3 Å². The van der Waals surface area contributed by atoms with Crippen LogP contribution in [0.2, 0.25) is 0 Å². The standard InChI is InChI=1S/C27H29NO4/c1-27(2,3)32-31-26(30)23-18-17-21(14-10-13-20-11-6-4-7-12-20)19-24(23)28-25(29)22-15-8-5-9-16-22/h4-9,11-12,15-19H,10,13-14H2,1-3H3,(H,28,29). The Bertz CT molecular complexity index is 1040. The quantitative estimate of drug-likeness (QED) is 0.351. The Hall–Kier alpha value is -3.44. The van der Waals surface area contributed by atoms with Crippen molar-refractivity contribution in [2.24, 2.45) is 0 Å². The van der Waals surface area contributed by atoms with E-state index in [0.717, 1.165) is 24.8 Å². The molecule has 0 aliphatic rings. The molecular weight excluding hydrogens is 402 g/mol. The van der Waals surface area contributed by atoms with Gasteiger partial charge in [0.25, 0.3) is 5.91 Å². The molecule has 0 spiro atoms. The third-order valence-corrected chi connectivity index (χ3v) is 4.73. The molecule has 0 atom stereocenters. The molecule has 0 radical (unpaired) electrons. The normalized spacial score (nSPS) is 11.1. The van der Waals surface area contributed by atoms with Crippen molar-refractivity contribution in [1.29, 1.82) is 0 Å². The molecule has 5 heteroatoms. The van der Waals surface area contributed by atoms with Crippen LogP contribution >= 0.6 is 0 Å². The molecule has 5 nitrogen and oxygen atoms in total. The zero-order valence-corrected chi connectivity index (χ0v) is 18.8. The summed E-state index contributed by atoms with van der Waals surface area (Å²) in [6.45, 7) is 5.36. The topological polar surface area (TPSA) is 64.6 Å². The Kier molecular flexibility index (Phi) is 7.79. The van der Waals surface area contributed by atoms with Crippen LogP contribution in [0.25, 0.3) is 0 Å². The summed E-state index contributed by atoms with van der Waals surface area (Å²) in [7, 11) is 0. The highest BCUT2D eigenvalue weighted by molar-refractivity contribution is 6.08. The van der Waals surface area contributed by atoms with Crippen molar-refractivity contribution in [2.45, 2.75) is 45.6 Å². The van der Waals surface area contributed by atoms with Crippen LogP contribution in [0.5, 0.6) is 0 Å². The maximum absolute atomic E-state index is 12.7. The smallest absolute Gasteiger partial charge is 0.321 e. The second kappa shape index (κ2) is 10.7. The number of aryl methyl sites for hydroxylation is 2. The van der Waals surface area contributed by atoms with Crippen LogP contribution in [0.15, 0.2) is 78.9 Å². The summed E-state index contributed by atoms with van der Waals surface area (Å²) < 4.78 is 0. The van der Waals surface area contributed by atoms with Gasteiger partial charge in [-0.2, -0.15) is 4.89 Å². The average Bonchev–Trinajstić information content (AvgIpc) is 2.78. The van der Waals surface area contributed by atoms with Gasteiger partial charge in [0.2, 0.25) is 0 Å². The lowest BCUT2D eigenvalue weighted by Crippen LogP contribution is -2.23. The molecule has 32 heavy (non-hydrogen) atoms. The molecule has 0 heterocycles. The highest BCUT2D eigenvalue weighted by atomic mass is 17.2. The lowest BCUT2D eigenvalue weighted by Gasteiger charge is -2.18. The third kappa shape index (κ3) is 7.06. The highest BCUT2D eigenvalue weighted by Crippen LogP contribution is 2.22. The lowest BCUT2D eigenvalue weighted by atomic mass is 10.0. The van der Waals surface area contributed by atoms with E-state index in [1.54, 1.807) is 51.1 Å². The summed E-state index contributed by atoms with van der Waals surface area (Å²) in [5.41, 5.74) is 2.82. The van der Waals surface area contributed by atoms with Gasteiger partial charge in [0, 0.05) is 5.56 Å². The average molecular weight is 432 g/mol. The third-order valence-electron chi connectivity index (χ3n) is 4.73. The largest absolute Gasteiger partial charge is 0.375 e. The number of nitrogens with one attached hydrogen (secondary N) is 1. The van der Waals surface area contributed by atoms with E-state index in [-0.39, 0.29) is 11.5 Å². The number of hydrogen-bond donors (Lipinski definition) is 1. The van der Waals surface area contributed by atoms with Crippen molar-refractivity contribution >= 4 is 17.6 Å². The van der Waals surface area contributed by atoms with E-state index in [1.807, 2.05) is 36.4 Å². The molecular formula is C27H29NO4. The Morgan fingerprint density at radius 2 is 1.44 bits per heavy atom. The van der Waals surface area contributed by atoms with E-state index in [9.17, 15) is 9.59 Å². The van der Waals surface area contributed by atoms with Crippen molar-refractivity contribution in [3.05, 3.63) is 101 Å². The molecule has 0 fully saturated rings. The van der Waals surface area contributed by atoms with Gasteiger partial charge in [-0.25, -0.2) is 4.79 Å². The predicted molar refractivity (Wildman–Crippen MR) is 126 cm³/mol. The molecule has 0 aliphatic carbocycles. The molecule has 0 aliphatic heterocycles. The minimum absolute atomic E-state index is 0.241. The number of amides is 1. The second-order valence-electron chi connectivity index (χ2n) is 8.61. The Morgan fingerprint density at radius 1 is 0.812 bits per heavy atom. The van der Waals surface area contributed by atoms with Gasteiger partial charge in [-0.1, -0.05) is 54.6 Å². The molecule has 166 valence electrons. The van der Waals surface area contributed by atoms with Gasteiger partial charge in [0.1, 0.15) is 5.60 Å². The molecule has 0 aromatic heterocycles. The van der Waals surface area contributed by atoms with E-state index in [1.165, 1.54) is 5.56 Å². The van der Waals surface area contributed by atoms with E-state index in [4.69, 9.17) is 9.78 Å². The van der Waals surface area contributed by atoms with Gasteiger partial charge in [-0.3, -0.25) is 9.68 Å². The fourth-order valence-corrected chi connectivity index (χ4v) is 3.16. The van der Waals surface area contributed by atoms with Crippen molar-refractivity contribution in [1.82, 2.24) is 0 Å². The summed E-state index contributed by atoms with van der Waals surface area (Å²) in [4.78, 5) is 35.5. The molecule has 3 rings (SSSR count). The number of hydrogen-bond acceptors (Lipinski definition) is 4. The Morgan fingerprint density at radius 3 is 2.09 bits per heavy atom. The van der Waals surface area contributed by atoms with Crippen LogP contribution in [0.3, 0.4) is 0 Å². The van der Waals surface area contributed by atoms with Crippen LogP contribution in [0.1, 0.15) is 59.0 Å². The molecule has 0 saturated carbocycles. The summed E-state index contributed by atoms with van der Waals surface area (Å²) in [6.07, 6.45) is 2.72. The lowest BCUT2D eigenvalue weighted by molar-refractivity contribution is -0.301. The van der Waals surface area contributed by atoms with Crippen LogP contribution in [-0.4, -0.2) is 17.5 Å². The van der Waals surface area contributed by atoms with Gasteiger partial charge in [0.15, 0.2) is 0 Å². The van der Waals surface area contributed by atoms with Crippen LogP contribution < -0.4 is 5.32 Å². The van der Waals surface area contributed by atoms with Crippen molar-refractivity contribution < 1.29 is 19.4 Å². The van der Waals surface area contributed by atoms with Crippen LogP contribution in [0.4, 0.5) is 5.69 Å². The van der Waals surface area contributed by atoms with Crippen molar-refractivity contribution in [2.75, 3.05) is 5.32 Å². The van der Waals surface area contributed by atoms with E-state index in [0.29, 0.717) is 11.3 Å². The number of carbonyl (C=O) groups excluding carboxylic acids is 2. The molecule has 1 amide bonds. The van der Waals surface area contributed by atoms with E-state index < -0.39 is 11.6 Å². The summed E-state index contributed by atoms with van der Waals surface area (Å²) in [5, 5.41) is 2.86. The Balaban J connectivity index is 1.77. The maximum Gasteiger partial charge on any atom is 0.375 e. The molecule has 1 N–H and O–H groups in total. The van der Waals surface area contributed by atoms with Gasteiger partial charge >= 0.3 is 5.97 Å². The van der Waals surface area contributed by atoms with Gasteiger partial charge < -0.3 is 5.32 Å². The monoisotopic (exact) mass is 431 g/mol. The molecule has 0 bridgehead atoms.